The standard InChI is InChI=1S/C13H19N/c1-10-4-6-11(7-5-10)12-8-13(9-12)14(2)3/h4-7,12-13H,8-9H2,1-3H3. The second kappa shape index (κ2) is 3.74. The molecule has 1 saturated carbocycles. The maximum Gasteiger partial charge on any atom is 0.0101 e. The number of rotatable bonds is 2. The van der Waals surface area contributed by atoms with E-state index < -0.39 is 0 Å². The van der Waals surface area contributed by atoms with Gasteiger partial charge < -0.3 is 4.90 Å². The summed E-state index contributed by atoms with van der Waals surface area (Å²) in [6, 6.07) is 9.82. The SMILES string of the molecule is Cc1ccc(C2CC(N(C)C)C2)cc1. The molecule has 14 heavy (non-hydrogen) atoms. The Morgan fingerprint density at radius 1 is 1.07 bits per heavy atom. The van der Waals surface area contributed by atoms with Crippen LogP contribution in [-0.2, 0) is 0 Å². The summed E-state index contributed by atoms with van der Waals surface area (Å²) in [5.74, 6) is 0.808. The lowest BCUT2D eigenvalue weighted by atomic mass is 9.75. The maximum absolute atomic E-state index is 2.34. The molecule has 0 spiro atoms. The molecular formula is C13H19N. The number of nitrogens with zero attached hydrogens (tertiary/aromatic N) is 1. The van der Waals surface area contributed by atoms with Gasteiger partial charge in [-0.15, -0.1) is 0 Å². The van der Waals surface area contributed by atoms with Crippen LogP contribution in [-0.4, -0.2) is 25.0 Å². The summed E-state index contributed by atoms with van der Waals surface area (Å²) in [6.07, 6.45) is 2.66. The van der Waals surface area contributed by atoms with Crippen LogP contribution in [0.4, 0.5) is 0 Å². The van der Waals surface area contributed by atoms with Crippen molar-refractivity contribution in [2.45, 2.75) is 31.7 Å². The van der Waals surface area contributed by atoms with E-state index in [2.05, 4.69) is 50.2 Å². The van der Waals surface area contributed by atoms with Gasteiger partial charge in [0.2, 0.25) is 0 Å². The van der Waals surface area contributed by atoms with Crippen LogP contribution in [0.15, 0.2) is 24.3 Å². The van der Waals surface area contributed by atoms with Crippen molar-refractivity contribution in [1.82, 2.24) is 4.90 Å². The maximum atomic E-state index is 2.34. The van der Waals surface area contributed by atoms with Crippen molar-refractivity contribution < 1.29 is 0 Å². The number of aryl methyl sites for hydroxylation is 1. The van der Waals surface area contributed by atoms with Crippen molar-refractivity contribution in [3.05, 3.63) is 35.4 Å². The predicted octanol–water partition coefficient (Wildman–Crippen LogP) is 2.80. The Balaban J connectivity index is 1.96. The van der Waals surface area contributed by atoms with Crippen LogP contribution < -0.4 is 0 Å². The number of benzene rings is 1. The van der Waals surface area contributed by atoms with Crippen molar-refractivity contribution in [3.8, 4) is 0 Å². The molecule has 1 nitrogen and oxygen atoms in total. The lowest BCUT2D eigenvalue weighted by Crippen LogP contribution is -2.39. The van der Waals surface area contributed by atoms with Gasteiger partial charge in [-0.2, -0.15) is 0 Å². The molecule has 76 valence electrons. The van der Waals surface area contributed by atoms with Crippen molar-refractivity contribution in [3.63, 3.8) is 0 Å². The topological polar surface area (TPSA) is 3.24 Å². The molecule has 0 unspecified atom stereocenters. The largest absolute Gasteiger partial charge is 0.306 e. The van der Waals surface area contributed by atoms with Gasteiger partial charge in [0, 0.05) is 6.04 Å². The van der Waals surface area contributed by atoms with Gasteiger partial charge in [0.05, 0.1) is 0 Å². The Hall–Kier alpha value is -0.820. The first-order chi connectivity index (χ1) is 6.66. The highest BCUT2D eigenvalue weighted by atomic mass is 15.1. The Labute approximate surface area is 86.7 Å². The summed E-state index contributed by atoms with van der Waals surface area (Å²) < 4.78 is 0. The Morgan fingerprint density at radius 2 is 1.64 bits per heavy atom. The molecule has 0 atom stereocenters. The average molecular weight is 189 g/mol. The molecule has 1 aliphatic rings. The third-order valence-electron chi connectivity index (χ3n) is 3.39. The Bertz CT molecular complexity index is 294. The molecule has 2 rings (SSSR count). The molecule has 1 aliphatic carbocycles. The fourth-order valence-corrected chi connectivity index (χ4v) is 2.12. The fourth-order valence-electron chi connectivity index (χ4n) is 2.12. The third kappa shape index (κ3) is 1.83. The molecular weight excluding hydrogens is 170 g/mol. The van der Waals surface area contributed by atoms with Gasteiger partial charge >= 0.3 is 0 Å². The van der Waals surface area contributed by atoms with Gasteiger partial charge in [0.1, 0.15) is 0 Å². The summed E-state index contributed by atoms with van der Waals surface area (Å²) in [4.78, 5) is 2.34. The quantitative estimate of drug-likeness (QED) is 0.691. The molecule has 1 fully saturated rings. The van der Waals surface area contributed by atoms with E-state index in [1.165, 1.54) is 24.0 Å². The van der Waals surface area contributed by atoms with Gasteiger partial charge in [0.25, 0.3) is 0 Å². The van der Waals surface area contributed by atoms with E-state index in [9.17, 15) is 0 Å². The van der Waals surface area contributed by atoms with Crippen LogP contribution in [0.2, 0.25) is 0 Å². The first-order valence-corrected chi connectivity index (χ1v) is 5.40. The summed E-state index contributed by atoms with van der Waals surface area (Å²) in [5.41, 5.74) is 2.88. The Morgan fingerprint density at radius 3 is 2.14 bits per heavy atom. The zero-order valence-corrected chi connectivity index (χ0v) is 9.33. The van der Waals surface area contributed by atoms with Crippen molar-refractivity contribution >= 4 is 0 Å². The van der Waals surface area contributed by atoms with E-state index in [0.29, 0.717) is 0 Å². The summed E-state index contributed by atoms with van der Waals surface area (Å²) >= 11 is 0. The molecule has 0 N–H and O–H groups in total. The van der Waals surface area contributed by atoms with Gasteiger partial charge in [0.15, 0.2) is 0 Å². The van der Waals surface area contributed by atoms with Crippen molar-refractivity contribution in [2.75, 3.05) is 14.1 Å². The van der Waals surface area contributed by atoms with Crippen LogP contribution in [0.5, 0.6) is 0 Å². The van der Waals surface area contributed by atoms with Gasteiger partial charge in [-0.05, 0) is 45.3 Å². The van der Waals surface area contributed by atoms with Crippen molar-refractivity contribution in [1.29, 1.82) is 0 Å². The molecule has 0 amide bonds. The number of hydrogen-bond donors (Lipinski definition) is 0. The monoisotopic (exact) mass is 189 g/mol. The normalized spacial score (nSPS) is 26.3. The minimum absolute atomic E-state index is 0.807. The van der Waals surface area contributed by atoms with Gasteiger partial charge in [-0.1, -0.05) is 29.8 Å². The van der Waals surface area contributed by atoms with E-state index in [0.717, 1.165) is 12.0 Å². The van der Waals surface area contributed by atoms with E-state index >= 15 is 0 Å². The number of hydrogen-bond acceptors (Lipinski definition) is 1. The van der Waals surface area contributed by atoms with Gasteiger partial charge in [-0.25, -0.2) is 0 Å². The average Bonchev–Trinajstić information content (AvgIpc) is 2.05. The molecule has 0 bridgehead atoms. The molecule has 0 radical (unpaired) electrons. The van der Waals surface area contributed by atoms with Gasteiger partial charge in [-0.3, -0.25) is 0 Å². The minimum Gasteiger partial charge on any atom is -0.306 e. The molecule has 1 heteroatoms. The van der Waals surface area contributed by atoms with E-state index in [4.69, 9.17) is 0 Å². The Kier molecular flexibility index (Phi) is 2.60. The first kappa shape index (κ1) is 9.72. The minimum atomic E-state index is 0.807. The highest BCUT2D eigenvalue weighted by Crippen LogP contribution is 2.38. The molecule has 0 saturated heterocycles. The van der Waals surface area contributed by atoms with E-state index in [-0.39, 0.29) is 0 Å². The lowest BCUT2D eigenvalue weighted by Gasteiger charge is -2.40. The highest BCUT2D eigenvalue weighted by molar-refractivity contribution is 5.26. The molecule has 1 aromatic carbocycles. The summed E-state index contributed by atoms with van der Waals surface area (Å²) in [6.45, 7) is 2.15. The van der Waals surface area contributed by atoms with Crippen LogP contribution in [0, 0.1) is 6.92 Å². The molecule has 0 aliphatic heterocycles. The zero-order valence-electron chi connectivity index (χ0n) is 9.33. The second-order valence-corrected chi connectivity index (χ2v) is 4.70. The van der Waals surface area contributed by atoms with Crippen molar-refractivity contribution in [2.24, 2.45) is 0 Å². The first-order valence-electron chi connectivity index (χ1n) is 5.40. The zero-order chi connectivity index (χ0) is 10.1. The summed E-state index contributed by atoms with van der Waals surface area (Å²) in [5, 5.41) is 0. The second-order valence-electron chi connectivity index (χ2n) is 4.70. The van der Waals surface area contributed by atoms with Crippen LogP contribution in [0.25, 0.3) is 0 Å². The fraction of sp³-hybridized carbons (Fsp3) is 0.538. The highest BCUT2D eigenvalue weighted by Gasteiger charge is 2.31. The molecule has 0 aromatic heterocycles. The third-order valence-corrected chi connectivity index (χ3v) is 3.39. The smallest absolute Gasteiger partial charge is 0.0101 e. The van der Waals surface area contributed by atoms with E-state index in [1.54, 1.807) is 0 Å². The lowest BCUT2D eigenvalue weighted by molar-refractivity contribution is 0.166. The molecule has 0 heterocycles. The van der Waals surface area contributed by atoms with Crippen LogP contribution in [0.3, 0.4) is 0 Å². The van der Waals surface area contributed by atoms with Crippen LogP contribution in [0.1, 0.15) is 29.9 Å². The van der Waals surface area contributed by atoms with E-state index in [1.807, 2.05) is 0 Å². The predicted molar refractivity (Wildman–Crippen MR) is 60.6 cm³/mol. The summed E-state index contributed by atoms with van der Waals surface area (Å²) in [7, 11) is 4.35. The van der Waals surface area contributed by atoms with Crippen LogP contribution >= 0.6 is 0 Å². The molecule has 1 aromatic rings.